The summed E-state index contributed by atoms with van der Waals surface area (Å²) in [4.78, 5) is 33.5. The molecule has 3 heterocycles. The summed E-state index contributed by atoms with van der Waals surface area (Å²) in [5.74, 6) is 0.532. The number of hydrogen-bond donors (Lipinski definition) is 4. The first-order valence-electron chi connectivity index (χ1n) is 12.5. The van der Waals surface area contributed by atoms with Crippen LogP contribution in [0.2, 0.25) is 0 Å². The average molecular weight is 480 g/mol. The molecule has 4 aromatic rings. The van der Waals surface area contributed by atoms with E-state index in [0.29, 0.717) is 23.6 Å². The van der Waals surface area contributed by atoms with Gasteiger partial charge in [-0.2, -0.15) is 0 Å². The summed E-state index contributed by atoms with van der Waals surface area (Å²) in [6.45, 7) is 1.40. The van der Waals surface area contributed by atoms with E-state index in [0.717, 1.165) is 41.5 Å². The Hall–Kier alpha value is -3.97. The molecule has 36 heavy (non-hydrogen) atoms. The number of carbonyl (C=O) groups is 2. The lowest BCUT2D eigenvalue weighted by Crippen LogP contribution is -2.44. The molecule has 4 unspecified atom stereocenters. The molecule has 1 aliphatic heterocycles. The van der Waals surface area contributed by atoms with E-state index >= 15 is 0 Å². The van der Waals surface area contributed by atoms with Crippen LogP contribution < -0.4 is 16.0 Å². The molecule has 2 bridgehead atoms. The highest BCUT2D eigenvalue weighted by Crippen LogP contribution is 2.41. The van der Waals surface area contributed by atoms with E-state index in [9.17, 15) is 9.59 Å². The van der Waals surface area contributed by atoms with Crippen molar-refractivity contribution in [1.82, 2.24) is 25.9 Å². The van der Waals surface area contributed by atoms with E-state index in [1.54, 1.807) is 6.20 Å². The Morgan fingerprint density at radius 1 is 0.944 bits per heavy atom. The standard InChI is InChI=1S/C29H29N5O2/c35-28(33-15-18-5-2-1-3-6-18)19-9-10-25(31-16-19)27-20-13-21(14-26(27)32-17-20)34-29(36)23-7-4-8-24-22(23)11-12-30-24/h1-12,16,20-21,26-27,30,32H,13-15,17H2,(H,33,35)(H,34,36). The first-order chi connectivity index (χ1) is 17.7. The van der Waals surface area contributed by atoms with Gasteiger partial charge in [-0.3, -0.25) is 14.6 Å². The molecule has 1 aliphatic carbocycles. The fourth-order valence-electron chi connectivity index (χ4n) is 5.84. The summed E-state index contributed by atoms with van der Waals surface area (Å²) in [5.41, 5.74) is 4.31. The fraction of sp³-hybridized carbons (Fsp3) is 0.276. The van der Waals surface area contributed by atoms with Crippen LogP contribution in [0.5, 0.6) is 0 Å². The number of hydrogen-bond acceptors (Lipinski definition) is 4. The number of pyridine rings is 1. The number of amides is 2. The van der Waals surface area contributed by atoms with E-state index in [-0.39, 0.29) is 29.8 Å². The summed E-state index contributed by atoms with van der Waals surface area (Å²) in [6, 6.07) is 21.8. The molecule has 4 N–H and O–H groups in total. The number of rotatable bonds is 6. The highest BCUT2D eigenvalue weighted by Gasteiger charge is 2.44. The third kappa shape index (κ3) is 4.38. The predicted octanol–water partition coefficient (Wildman–Crippen LogP) is 3.76. The van der Waals surface area contributed by atoms with Gasteiger partial charge >= 0.3 is 0 Å². The summed E-state index contributed by atoms with van der Waals surface area (Å²) in [7, 11) is 0. The van der Waals surface area contributed by atoms with Gasteiger partial charge in [-0.05, 0) is 61.2 Å². The number of H-pyrrole nitrogens is 1. The van der Waals surface area contributed by atoms with Gasteiger partial charge in [0.25, 0.3) is 11.8 Å². The molecule has 182 valence electrons. The number of aromatic amines is 1. The van der Waals surface area contributed by atoms with Crippen LogP contribution in [0.25, 0.3) is 10.9 Å². The van der Waals surface area contributed by atoms with Crippen molar-refractivity contribution in [2.75, 3.05) is 6.54 Å². The minimum absolute atomic E-state index is 0.0213. The maximum atomic E-state index is 13.1. The Kier molecular flexibility index (Phi) is 5.99. The van der Waals surface area contributed by atoms with Gasteiger partial charge in [-0.25, -0.2) is 0 Å². The van der Waals surface area contributed by atoms with Crippen molar-refractivity contribution in [2.45, 2.75) is 37.4 Å². The van der Waals surface area contributed by atoms with Crippen LogP contribution in [0.1, 0.15) is 50.7 Å². The Bertz CT molecular complexity index is 1370. The van der Waals surface area contributed by atoms with Gasteiger partial charge in [-0.15, -0.1) is 0 Å². The molecule has 2 aromatic carbocycles. The van der Waals surface area contributed by atoms with Crippen LogP contribution in [0.4, 0.5) is 0 Å². The highest BCUT2D eigenvalue weighted by molar-refractivity contribution is 6.06. The van der Waals surface area contributed by atoms with E-state index < -0.39 is 0 Å². The zero-order chi connectivity index (χ0) is 24.5. The minimum atomic E-state index is -0.122. The molecule has 0 spiro atoms. The van der Waals surface area contributed by atoms with Gasteiger partial charge in [0, 0.05) is 59.1 Å². The lowest BCUT2D eigenvalue weighted by molar-refractivity contribution is 0.0919. The van der Waals surface area contributed by atoms with E-state index in [4.69, 9.17) is 0 Å². The second-order valence-electron chi connectivity index (χ2n) is 9.83. The van der Waals surface area contributed by atoms with Crippen molar-refractivity contribution < 1.29 is 9.59 Å². The number of carbonyl (C=O) groups excluding carboxylic acids is 2. The van der Waals surface area contributed by atoms with Gasteiger partial charge in [0.1, 0.15) is 0 Å². The second kappa shape index (κ2) is 9.59. The molecule has 2 fully saturated rings. The quantitative estimate of drug-likeness (QED) is 0.338. The van der Waals surface area contributed by atoms with Crippen LogP contribution in [0.15, 0.2) is 79.1 Å². The van der Waals surface area contributed by atoms with Gasteiger partial charge in [0.2, 0.25) is 0 Å². The first kappa shape index (κ1) is 22.5. The molecule has 2 aromatic heterocycles. The normalized spacial score (nSPS) is 22.9. The molecule has 1 saturated heterocycles. The summed E-state index contributed by atoms with van der Waals surface area (Å²) in [6.07, 6.45) is 5.31. The number of nitrogens with one attached hydrogen (secondary N) is 4. The van der Waals surface area contributed by atoms with Crippen LogP contribution >= 0.6 is 0 Å². The molecule has 7 heteroatoms. The SMILES string of the molecule is O=C(NCc1ccccc1)c1ccc(C2C3CNC2CC(NC(=O)c2cccc4[nH]ccc24)C3)nc1. The molecule has 6 rings (SSSR count). The van der Waals surface area contributed by atoms with Crippen LogP contribution in [0, 0.1) is 5.92 Å². The molecule has 2 amide bonds. The van der Waals surface area contributed by atoms with Crippen LogP contribution in [0.3, 0.4) is 0 Å². The third-order valence-corrected chi connectivity index (χ3v) is 7.57. The van der Waals surface area contributed by atoms with Crippen molar-refractivity contribution in [3.05, 3.63) is 102 Å². The molecule has 7 nitrogen and oxygen atoms in total. The monoisotopic (exact) mass is 479 g/mol. The maximum Gasteiger partial charge on any atom is 0.253 e. The number of fused-ring (bicyclic) bond motifs is 3. The molecule has 1 saturated carbocycles. The number of nitrogens with zero attached hydrogens (tertiary/aromatic N) is 1. The Labute approximate surface area is 209 Å². The van der Waals surface area contributed by atoms with Gasteiger partial charge < -0.3 is 20.9 Å². The lowest BCUT2D eigenvalue weighted by Gasteiger charge is -2.34. The van der Waals surface area contributed by atoms with Crippen molar-refractivity contribution >= 4 is 22.7 Å². The minimum Gasteiger partial charge on any atom is -0.361 e. The average Bonchev–Trinajstić information content (AvgIpc) is 3.50. The second-order valence-corrected chi connectivity index (χ2v) is 9.83. The highest BCUT2D eigenvalue weighted by atomic mass is 16.2. The maximum absolute atomic E-state index is 13.1. The number of aromatic nitrogens is 2. The van der Waals surface area contributed by atoms with Crippen molar-refractivity contribution in [3.63, 3.8) is 0 Å². The zero-order valence-electron chi connectivity index (χ0n) is 19.9. The zero-order valence-corrected chi connectivity index (χ0v) is 19.9. The first-order valence-corrected chi connectivity index (χ1v) is 12.5. The van der Waals surface area contributed by atoms with E-state index in [1.807, 2.05) is 72.9 Å². The Balaban J connectivity index is 1.09. The Morgan fingerprint density at radius 2 is 1.83 bits per heavy atom. The van der Waals surface area contributed by atoms with Gasteiger partial charge in [-0.1, -0.05) is 36.4 Å². The lowest BCUT2D eigenvalue weighted by atomic mass is 9.75. The molecule has 2 aliphatic rings. The molecule has 4 atom stereocenters. The Morgan fingerprint density at radius 3 is 2.64 bits per heavy atom. The third-order valence-electron chi connectivity index (χ3n) is 7.57. The number of benzene rings is 2. The van der Waals surface area contributed by atoms with E-state index in [2.05, 4.69) is 25.9 Å². The molecular weight excluding hydrogens is 450 g/mol. The van der Waals surface area contributed by atoms with Crippen LogP contribution in [-0.4, -0.2) is 40.4 Å². The smallest absolute Gasteiger partial charge is 0.253 e. The summed E-state index contributed by atoms with van der Waals surface area (Å²) < 4.78 is 0. The fourth-order valence-corrected chi connectivity index (χ4v) is 5.84. The largest absolute Gasteiger partial charge is 0.361 e. The molecule has 0 radical (unpaired) electrons. The van der Waals surface area contributed by atoms with Crippen LogP contribution in [-0.2, 0) is 6.54 Å². The summed E-state index contributed by atoms with van der Waals surface area (Å²) in [5, 5.41) is 10.8. The van der Waals surface area contributed by atoms with Crippen molar-refractivity contribution in [3.8, 4) is 0 Å². The topological polar surface area (TPSA) is 98.9 Å². The van der Waals surface area contributed by atoms with Crippen molar-refractivity contribution in [2.24, 2.45) is 5.92 Å². The predicted molar refractivity (Wildman–Crippen MR) is 139 cm³/mol. The molecular formula is C29H29N5O2. The van der Waals surface area contributed by atoms with E-state index in [1.165, 1.54) is 0 Å². The van der Waals surface area contributed by atoms with Gasteiger partial charge in [0.15, 0.2) is 0 Å². The van der Waals surface area contributed by atoms with Crippen molar-refractivity contribution in [1.29, 1.82) is 0 Å². The summed E-state index contributed by atoms with van der Waals surface area (Å²) >= 11 is 0. The van der Waals surface area contributed by atoms with Gasteiger partial charge in [0.05, 0.1) is 5.56 Å².